The minimum Gasteiger partial charge on any atom is -0.497 e. The Hall–Kier alpha value is -2.48. The fourth-order valence-electron chi connectivity index (χ4n) is 3.49. The molecule has 7 heteroatoms. The van der Waals surface area contributed by atoms with Crippen LogP contribution in [0.15, 0.2) is 42.0 Å². The van der Waals surface area contributed by atoms with E-state index in [0.29, 0.717) is 6.42 Å². The van der Waals surface area contributed by atoms with Crippen molar-refractivity contribution < 1.29 is 18.4 Å². The van der Waals surface area contributed by atoms with Crippen molar-refractivity contribution in [3.63, 3.8) is 0 Å². The fourth-order valence-corrected chi connectivity index (χ4v) is 3.49. The van der Waals surface area contributed by atoms with Gasteiger partial charge in [0, 0.05) is 17.7 Å². The van der Waals surface area contributed by atoms with Crippen molar-refractivity contribution in [3.05, 3.63) is 70.3 Å². The highest BCUT2D eigenvalue weighted by molar-refractivity contribution is 5.77. The van der Waals surface area contributed by atoms with E-state index in [0.717, 1.165) is 28.1 Å². The third-order valence-electron chi connectivity index (χ3n) is 4.78. The number of rotatable bonds is 5. The molecule has 1 atom stereocenters. The summed E-state index contributed by atoms with van der Waals surface area (Å²) in [6.45, 7) is 0.0597. The van der Waals surface area contributed by atoms with Gasteiger partial charge in [0.2, 0.25) is 0 Å². The average molecular weight is 359 g/mol. The summed E-state index contributed by atoms with van der Waals surface area (Å²) in [5.74, 6) is -0.333. The van der Waals surface area contributed by atoms with E-state index in [-0.39, 0.29) is 18.3 Å². The number of ether oxygens (including phenoxy) is 1. The number of fused-ring (bicyclic) bond motifs is 2. The molecule has 1 heterocycles. The second-order valence-electron chi connectivity index (χ2n) is 6.19. The number of hydrazine groups is 1. The van der Waals surface area contributed by atoms with E-state index in [1.54, 1.807) is 19.4 Å². The van der Waals surface area contributed by atoms with E-state index in [9.17, 15) is 8.78 Å². The van der Waals surface area contributed by atoms with Gasteiger partial charge in [-0.2, -0.15) is 10.6 Å². The molecule has 0 saturated heterocycles. The second kappa shape index (κ2) is 6.68. The van der Waals surface area contributed by atoms with E-state index in [1.807, 2.05) is 18.2 Å². The summed E-state index contributed by atoms with van der Waals surface area (Å²) in [4.78, 5) is 5.41. The van der Waals surface area contributed by atoms with Gasteiger partial charge in [-0.25, -0.2) is 8.78 Å². The number of nitrogens with zero attached hydrogens (tertiary/aromatic N) is 1. The van der Waals surface area contributed by atoms with E-state index in [2.05, 4.69) is 10.7 Å². The van der Waals surface area contributed by atoms with Gasteiger partial charge in [-0.05, 0) is 47.9 Å². The molecule has 136 valence electrons. The normalized spacial score (nSPS) is 18.3. The molecule has 0 bridgehead atoms. The summed E-state index contributed by atoms with van der Waals surface area (Å²) >= 11 is 0. The van der Waals surface area contributed by atoms with Gasteiger partial charge in [-0.15, -0.1) is 0 Å². The number of halogens is 2. The van der Waals surface area contributed by atoms with Crippen molar-refractivity contribution in [2.24, 2.45) is 0 Å². The lowest BCUT2D eigenvalue weighted by Gasteiger charge is -2.23. The van der Waals surface area contributed by atoms with Crippen LogP contribution in [-0.4, -0.2) is 25.6 Å². The van der Waals surface area contributed by atoms with Crippen molar-refractivity contribution in [1.82, 2.24) is 15.9 Å². The molecular formula is C19H19F2N3O2. The van der Waals surface area contributed by atoms with Crippen LogP contribution in [0.25, 0.3) is 5.70 Å². The molecule has 1 aliphatic carbocycles. The van der Waals surface area contributed by atoms with Gasteiger partial charge in [0.25, 0.3) is 0 Å². The number of methoxy groups -OCH3 is 1. The monoisotopic (exact) mass is 359 g/mol. The van der Waals surface area contributed by atoms with Gasteiger partial charge in [0.05, 0.1) is 19.9 Å². The van der Waals surface area contributed by atoms with Crippen LogP contribution in [0.1, 0.15) is 16.7 Å². The SMILES string of the molecule is COc1ccc2c(c1)CC1=C2N(OC)NC1NCc1c(F)cccc1F. The Bertz CT molecular complexity index is 865. The molecule has 1 aliphatic heterocycles. The molecule has 0 amide bonds. The Morgan fingerprint density at radius 3 is 2.65 bits per heavy atom. The fraction of sp³-hybridized carbons (Fsp3) is 0.263. The summed E-state index contributed by atoms with van der Waals surface area (Å²) in [6.07, 6.45) is 0.411. The summed E-state index contributed by atoms with van der Waals surface area (Å²) in [7, 11) is 3.20. The maximum atomic E-state index is 13.9. The van der Waals surface area contributed by atoms with E-state index in [1.165, 1.54) is 18.2 Å². The van der Waals surface area contributed by atoms with Gasteiger partial charge in [0.15, 0.2) is 0 Å². The highest BCUT2D eigenvalue weighted by atomic mass is 19.1. The third-order valence-corrected chi connectivity index (χ3v) is 4.78. The van der Waals surface area contributed by atoms with Crippen molar-refractivity contribution >= 4 is 5.70 Å². The molecule has 2 aromatic rings. The van der Waals surface area contributed by atoms with Crippen LogP contribution in [0.3, 0.4) is 0 Å². The van der Waals surface area contributed by atoms with Gasteiger partial charge in [0.1, 0.15) is 23.5 Å². The van der Waals surface area contributed by atoms with Crippen LogP contribution in [0.2, 0.25) is 0 Å². The van der Waals surface area contributed by atoms with Gasteiger partial charge in [-0.3, -0.25) is 10.2 Å². The Labute approximate surface area is 150 Å². The molecular weight excluding hydrogens is 340 g/mol. The molecule has 4 rings (SSSR count). The topological polar surface area (TPSA) is 45.8 Å². The molecule has 5 nitrogen and oxygen atoms in total. The van der Waals surface area contributed by atoms with Crippen molar-refractivity contribution in [2.75, 3.05) is 14.2 Å². The highest BCUT2D eigenvalue weighted by Gasteiger charge is 2.37. The Kier molecular flexibility index (Phi) is 4.36. The first-order valence-corrected chi connectivity index (χ1v) is 8.29. The second-order valence-corrected chi connectivity index (χ2v) is 6.19. The summed E-state index contributed by atoms with van der Waals surface area (Å²) in [5, 5.41) is 4.76. The molecule has 2 N–H and O–H groups in total. The zero-order chi connectivity index (χ0) is 18.3. The van der Waals surface area contributed by atoms with Gasteiger partial charge in [-0.1, -0.05) is 6.07 Å². The van der Waals surface area contributed by atoms with Gasteiger partial charge >= 0.3 is 0 Å². The average Bonchev–Trinajstić information content (AvgIpc) is 3.17. The predicted octanol–water partition coefficient (Wildman–Crippen LogP) is 2.74. The number of benzene rings is 2. The third kappa shape index (κ3) is 2.74. The molecule has 2 aliphatic rings. The number of nitrogens with one attached hydrogen (secondary N) is 2. The van der Waals surface area contributed by atoms with Gasteiger partial charge < -0.3 is 4.74 Å². The van der Waals surface area contributed by atoms with E-state index >= 15 is 0 Å². The molecule has 0 aromatic heterocycles. The lowest BCUT2D eigenvalue weighted by molar-refractivity contribution is -0.116. The van der Waals surface area contributed by atoms with Crippen LogP contribution in [0, 0.1) is 11.6 Å². The summed E-state index contributed by atoms with van der Waals surface area (Å²) < 4.78 is 33.0. The minimum atomic E-state index is -0.562. The summed E-state index contributed by atoms with van der Waals surface area (Å²) in [6, 6.07) is 9.75. The lowest BCUT2D eigenvalue weighted by Crippen LogP contribution is -2.45. The largest absolute Gasteiger partial charge is 0.497 e. The summed E-state index contributed by atoms with van der Waals surface area (Å²) in [5.41, 5.74) is 7.36. The van der Waals surface area contributed by atoms with Crippen molar-refractivity contribution in [2.45, 2.75) is 19.1 Å². The maximum absolute atomic E-state index is 13.9. The predicted molar refractivity (Wildman–Crippen MR) is 92.6 cm³/mol. The number of hydroxylamine groups is 1. The molecule has 0 fully saturated rings. The van der Waals surface area contributed by atoms with E-state index < -0.39 is 11.6 Å². The molecule has 26 heavy (non-hydrogen) atoms. The van der Waals surface area contributed by atoms with Crippen LogP contribution in [0.5, 0.6) is 5.75 Å². The van der Waals surface area contributed by atoms with Crippen LogP contribution in [0.4, 0.5) is 8.78 Å². The van der Waals surface area contributed by atoms with Crippen molar-refractivity contribution in [3.8, 4) is 5.75 Å². The zero-order valence-electron chi connectivity index (χ0n) is 14.5. The smallest absolute Gasteiger partial charge is 0.130 e. The first-order chi connectivity index (χ1) is 12.6. The molecule has 2 aromatic carbocycles. The Balaban J connectivity index is 1.58. The van der Waals surface area contributed by atoms with Crippen LogP contribution in [-0.2, 0) is 17.8 Å². The molecule has 0 saturated carbocycles. The minimum absolute atomic E-state index is 0.0181. The number of hydrogen-bond acceptors (Lipinski definition) is 5. The molecule has 0 spiro atoms. The van der Waals surface area contributed by atoms with Crippen LogP contribution >= 0.6 is 0 Å². The molecule has 1 unspecified atom stereocenters. The Morgan fingerprint density at radius 2 is 1.96 bits per heavy atom. The highest BCUT2D eigenvalue weighted by Crippen LogP contribution is 2.40. The van der Waals surface area contributed by atoms with Crippen molar-refractivity contribution in [1.29, 1.82) is 0 Å². The first kappa shape index (κ1) is 17.0. The molecule has 0 radical (unpaired) electrons. The maximum Gasteiger partial charge on any atom is 0.130 e. The zero-order valence-corrected chi connectivity index (χ0v) is 14.5. The van der Waals surface area contributed by atoms with E-state index in [4.69, 9.17) is 9.57 Å². The standard InChI is InChI=1S/C19H19F2N3O2/c1-25-12-6-7-13-11(8-12)9-14-18(13)24(26-2)23-19(14)22-10-15-16(20)4-3-5-17(15)21/h3-8,19,22-23H,9-10H2,1-2H3. The Morgan fingerprint density at radius 1 is 1.19 bits per heavy atom. The quantitative estimate of drug-likeness (QED) is 0.860. The first-order valence-electron chi connectivity index (χ1n) is 8.29. The van der Waals surface area contributed by atoms with Crippen LogP contribution < -0.4 is 15.5 Å². The lowest BCUT2D eigenvalue weighted by atomic mass is 10.1. The number of hydrogen-bond donors (Lipinski definition) is 2.